The molecule has 0 bridgehead atoms. The molecule has 0 spiro atoms. The van der Waals surface area contributed by atoms with E-state index in [9.17, 15) is 13.2 Å². The van der Waals surface area contributed by atoms with E-state index in [0.717, 1.165) is 11.3 Å². The maximum atomic E-state index is 12.6. The van der Waals surface area contributed by atoms with Crippen LogP contribution >= 0.6 is 11.8 Å². The van der Waals surface area contributed by atoms with Gasteiger partial charge in [-0.3, -0.25) is 9.36 Å². The number of thioether (sulfide) groups is 1. The zero-order valence-electron chi connectivity index (χ0n) is 17.6. The van der Waals surface area contributed by atoms with Crippen LogP contribution in [-0.2, 0) is 14.8 Å². The molecule has 33 heavy (non-hydrogen) atoms. The van der Waals surface area contributed by atoms with Crippen molar-refractivity contribution < 1.29 is 17.6 Å². The molecular weight excluding hydrogens is 462 g/mol. The van der Waals surface area contributed by atoms with Gasteiger partial charge >= 0.3 is 0 Å². The fraction of sp³-hybridized carbons (Fsp3) is 0.136. The summed E-state index contributed by atoms with van der Waals surface area (Å²) >= 11 is 1.25. The van der Waals surface area contributed by atoms with Gasteiger partial charge < -0.3 is 9.73 Å². The zero-order chi connectivity index (χ0) is 23.4. The monoisotopic (exact) mass is 483 g/mol. The zero-order valence-corrected chi connectivity index (χ0v) is 19.2. The van der Waals surface area contributed by atoms with Crippen molar-refractivity contribution in [1.82, 2.24) is 20.1 Å². The summed E-state index contributed by atoms with van der Waals surface area (Å²) in [6, 6.07) is 18.9. The Morgan fingerprint density at radius 3 is 2.45 bits per heavy atom. The molecule has 0 aliphatic carbocycles. The van der Waals surface area contributed by atoms with Crippen LogP contribution in [0.2, 0.25) is 0 Å². The van der Waals surface area contributed by atoms with E-state index in [1.165, 1.54) is 23.9 Å². The summed E-state index contributed by atoms with van der Waals surface area (Å²) in [4.78, 5) is 12.6. The van der Waals surface area contributed by atoms with Gasteiger partial charge in [-0.15, -0.1) is 10.2 Å². The van der Waals surface area contributed by atoms with E-state index in [4.69, 9.17) is 9.56 Å². The average molecular weight is 484 g/mol. The number of carbonyl (C=O) groups is 1. The molecule has 2 heterocycles. The van der Waals surface area contributed by atoms with E-state index in [-0.39, 0.29) is 22.6 Å². The molecule has 2 aromatic heterocycles. The van der Waals surface area contributed by atoms with Gasteiger partial charge in [0.15, 0.2) is 10.9 Å². The molecule has 0 radical (unpaired) electrons. The highest BCUT2D eigenvalue weighted by Gasteiger charge is 2.19. The van der Waals surface area contributed by atoms with Gasteiger partial charge in [0.2, 0.25) is 21.8 Å². The second-order valence-corrected chi connectivity index (χ2v) is 9.65. The first-order valence-electron chi connectivity index (χ1n) is 9.92. The number of benzene rings is 2. The first-order chi connectivity index (χ1) is 15.8. The maximum absolute atomic E-state index is 12.6. The fourth-order valence-corrected chi connectivity index (χ4v) is 4.46. The van der Waals surface area contributed by atoms with Crippen molar-refractivity contribution in [3.63, 3.8) is 0 Å². The number of carbonyl (C=O) groups excluding carboxylic acids is 1. The van der Waals surface area contributed by atoms with Gasteiger partial charge in [-0.1, -0.05) is 42.1 Å². The van der Waals surface area contributed by atoms with E-state index in [0.29, 0.717) is 16.7 Å². The van der Waals surface area contributed by atoms with Gasteiger partial charge in [0.05, 0.1) is 23.0 Å². The molecule has 4 rings (SSSR count). The van der Waals surface area contributed by atoms with Crippen molar-refractivity contribution in [1.29, 1.82) is 0 Å². The Kier molecular flexibility index (Phi) is 6.63. The van der Waals surface area contributed by atoms with Crippen LogP contribution in [0.15, 0.2) is 87.5 Å². The Morgan fingerprint density at radius 2 is 1.82 bits per heavy atom. The highest BCUT2D eigenvalue weighted by Crippen LogP contribution is 2.28. The van der Waals surface area contributed by atoms with Gasteiger partial charge in [0.25, 0.3) is 0 Å². The summed E-state index contributed by atoms with van der Waals surface area (Å²) in [5.41, 5.74) is 1.61. The quantitative estimate of drug-likeness (QED) is 0.368. The first-order valence-corrected chi connectivity index (χ1v) is 12.5. The SMILES string of the molecule is CC(NC(=O)CSc1nnc(-c2ccco2)n1-c1ccccc1)c1ccc(S(N)(=O)=O)cc1. The van der Waals surface area contributed by atoms with Crippen molar-refractivity contribution in [2.75, 3.05) is 5.75 Å². The summed E-state index contributed by atoms with van der Waals surface area (Å²) in [5, 5.41) is 17.1. The van der Waals surface area contributed by atoms with Crippen molar-refractivity contribution in [2.45, 2.75) is 23.0 Å². The fourth-order valence-electron chi connectivity index (χ4n) is 3.18. The molecule has 0 saturated carbocycles. The highest BCUT2D eigenvalue weighted by atomic mass is 32.2. The third-order valence-electron chi connectivity index (χ3n) is 4.81. The summed E-state index contributed by atoms with van der Waals surface area (Å²) in [5.74, 6) is 1.02. The van der Waals surface area contributed by atoms with Gasteiger partial charge in [0, 0.05) is 5.69 Å². The number of nitrogens with one attached hydrogen (secondary N) is 1. The number of amides is 1. The van der Waals surface area contributed by atoms with Gasteiger partial charge in [-0.25, -0.2) is 13.6 Å². The molecule has 1 amide bonds. The van der Waals surface area contributed by atoms with Crippen LogP contribution in [0.25, 0.3) is 17.3 Å². The van der Waals surface area contributed by atoms with Crippen molar-refractivity contribution in [3.8, 4) is 17.3 Å². The third kappa shape index (κ3) is 5.33. The second kappa shape index (κ2) is 9.61. The highest BCUT2D eigenvalue weighted by molar-refractivity contribution is 7.99. The van der Waals surface area contributed by atoms with Crippen molar-refractivity contribution in [3.05, 3.63) is 78.6 Å². The minimum Gasteiger partial charge on any atom is -0.461 e. The standard InChI is InChI=1S/C22H21N5O4S2/c1-15(16-9-11-18(12-10-16)33(23,29)30)24-20(28)14-32-22-26-25-21(19-8-5-13-31-19)27(22)17-6-3-2-4-7-17/h2-13,15H,14H2,1H3,(H,24,28)(H2,23,29,30). The van der Waals surface area contributed by atoms with E-state index in [2.05, 4.69) is 15.5 Å². The number of furan rings is 1. The van der Waals surface area contributed by atoms with Gasteiger partial charge in [-0.05, 0) is 48.9 Å². The lowest BCUT2D eigenvalue weighted by molar-refractivity contribution is -0.119. The summed E-state index contributed by atoms with van der Waals surface area (Å²) in [6.07, 6.45) is 1.57. The average Bonchev–Trinajstić information content (AvgIpc) is 3.47. The normalized spacial score (nSPS) is 12.4. The van der Waals surface area contributed by atoms with Crippen LogP contribution < -0.4 is 10.5 Å². The van der Waals surface area contributed by atoms with Crippen LogP contribution in [0.5, 0.6) is 0 Å². The lowest BCUT2D eigenvalue weighted by Gasteiger charge is -2.15. The Labute approximate surface area is 195 Å². The third-order valence-corrected chi connectivity index (χ3v) is 6.67. The largest absolute Gasteiger partial charge is 0.461 e. The van der Waals surface area contributed by atoms with Crippen LogP contribution in [0.1, 0.15) is 18.5 Å². The molecule has 2 aromatic carbocycles. The summed E-state index contributed by atoms with van der Waals surface area (Å²) in [6.45, 7) is 1.82. The molecule has 3 N–H and O–H groups in total. The van der Waals surface area contributed by atoms with E-state index in [1.807, 2.05) is 41.8 Å². The van der Waals surface area contributed by atoms with Crippen molar-refractivity contribution in [2.24, 2.45) is 5.14 Å². The number of hydrogen-bond acceptors (Lipinski definition) is 7. The number of hydrogen-bond donors (Lipinski definition) is 2. The lowest BCUT2D eigenvalue weighted by Crippen LogP contribution is -2.28. The van der Waals surface area contributed by atoms with Crippen LogP contribution in [0, 0.1) is 0 Å². The predicted octanol–water partition coefficient (Wildman–Crippen LogP) is 3.14. The number of sulfonamides is 1. The molecule has 0 aliphatic rings. The number of para-hydroxylation sites is 1. The van der Waals surface area contributed by atoms with E-state index in [1.54, 1.807) is 30.5 Å². The summed E-state index contributed by atoms with van der Waals surface area (Å²) in [7, 11) is -3.76. The van der Waals surface area contributed by atoms with Crippen LogP contribution in [0.4, 0.5) is 0 Å². The lowest BCUT2D eigenvalue weighted by atomic mass is 10.1. The predicted molar refractivity (Wildman–Crippen MR) is 124 cm³/mol. The molecule has 9 nitrogen and oxygen atoms in total. The van der Waals surface area contributed by atoms with E-state index >= 15 is 0 Å². The number of nitrogens with two attached hydrogens (primary N) is 1. The molecule has 1 atom stereocenters. The number of primary sulfonamides is 1. The topological polar surface area (TPSA) is 133 Å². The van der Waals surface area contributed by atoms with Crippen molar-refractivity contribution >= 4 is 27.7 Å². The smallest absolute Gasteiger partial charge is 0.238 e. The Bertz CT molecular complexity index is 1340. The summed E-state index contributed by atoms with van der Waals surface area (Å²) < 4.78 is 30.1. The maximum Gasteiger partial charge on any atom is 0.238 e. The van der Waals surface area contributed by atoms with Crippen LogP contribution in [0.3, 0.4) is 0 Å². The minimum absolute atomic E-state index is 0.0212. The van der Waals surface area contributed by atoms with Crippen LogP contribution in [-0.4, -0.2) is 34.8 Å². The minimum atomic E-state index is -3.76. The number of aromatic nitrogens is 3. The first kappa shape index (κ1) is 22.8. The molecule has 0 aliphatic heterocycles. The molecule has 11 heteroatoms. The Morgan fingerprint density at radius 1 is 1.09 bits per heavy atom. The van der Waals surface area contributed by atoms with Gasteiger partial charge in [0.1, 0.15) is 0 Å². The molecule has 170 valence electrons. The van der Waals surface area contributed by atoms with E-state index < -0.39 is 10.0 Å². The Hall–Kier alpha value is -3.41. The number of nitrogens with zero attached hydrogens (tertiary/aromatic N) is 3. The molecular formula is C22H21N5O4S2. The molecule has 0 fully saturated rings. The molecule has 4 aromatic rings. The molecule has 1 unspecified atom stereocenters. The van der Waals surface area contributed by atoms with Gasteiger partial charge in [-0.2, -0.15) is 0 Å². The second-order valence-electron chi connectivity index (χ2n) is 7.15. The number of rotatable bonds is 8. The Balaban J connectivity index is 1.46. The molecule has 0 saturated heterocycles.